The molecule has 1 rings (SSSR count). The minimum Gasteiger partial charge on any atom is -0.367 e. The summed E-state index contributed by atoms with van der Waals surface area (Å²) in [7, 11) is 0. The van der Waals surface area contributed by atoms with E-state index in [0.29, 0.717) is 10.8 Å². The molecule has 1 aliphatic heterocycles. The molecule has 0 saturated carbocycles. The van der Waals surface area contributed by atoms with Crippen LogP contribution >= 0.6 is 12.2 Å². The molecule has 2 nitrogen and oxygen atoms in total. The largest absolute Gasteiger partial charge is 0.367 e. The van der Waals surface area contributed by atoms with Gasteiger partial charge in [0, 0.05) is 5.71 Å². The van der Waals surface area contributed by atoms with Crippen LogP contribution in [0.2, 0.25) is 0 Å². The van der Waals surface area contributed by atoms with Crippen LogP contribution in [0.25, 0.3) is 0 Å². The Morgan fingerprint density at radius 3 is 2.75 bits per heavy atom. The summed E-state index contributed by atoms with van der Waals surface area (Å²) in [6.45, 7) is 4.24. The van der Waals surface area contributed by atoms with Gasteiger partial charge in [-0.3, -0.25) is 4.99 Å². The lowest BCUT2D eigenvalue weighted by atomic mass is 10.0. The third-order valence-electron chi connectivity index (χ3n) is 1.60. The lowest BCUT2D eigenvalue weighted by molar-refractivity contribution is 0.255. The number of aliphatic hydroxyl groups is 1. The van der Waals surface area contributed by atoms with Crippen molar-refractivity contribution in [2.75, 3.05) is 0 Å². The predicted molar refractivity (Wildman–Crippen MR) is 54.6 cm³/mol. The summed E-state index contributed by atoms with van der Waals surface area (Å²) >= 11 is 4.85. The third-order valence-corrected chi connectivity index (χ3v) is 1.95. The first-order chi connectivity index (χ1) is 5.59. The summed E-state index contributed by atoms with van der Waals surface area (Å²) in [6, 6.07) is 0. The van der Waals surface area contributed by atoms with Gasteiger partial charge in [0.2, 0.25) is 0 Å². The maximum absolute atomic E-state index is 9.28. The molecule has 0 aromatic heterocycles. The van der Waals surface area contributed by atoms with Crippen LogP contribution in [0.1, 0.15) is 20.3 Å². The van der Waals surface area contributed by atoms with Gasteiger partial charge in [-0.05, 0) is 24.5 Å². The maximum Gasteiger partial charge on any atom is 0.181 e. The van der Waals surface area contributed by atoms with Crippen LogP contribution in [-0.4, -0.2) is 21.9 Å². The van der Waals surface area contributed by atoms with Gasteiger partial charge in [-0.15, -0.1) is 0 Å². The van der Waals surface area contributed by atoms with E-state index in [1.54, 1.807) is 6.08 Å². The Kier molecular flexibility index (Phi) is 3.12. The molecule has 1 heterocycles. The molecule has 0 aromatic rings. The number of thiocarbonyl (C=S) groups is 1. The summed E-state index contributed by atoms with van der Waals surface area (Å²) in [5, 5.41) is 9.28. The van der Waals surface area contributed by atoms with E-state index in [4.69, 9.17) is 12.2 Å². The van der Waals surface area contributed by atoms with E-state index in [1.165, 1.54) is 0 Å². The van der Waals surface area contributed by atoms with Gasteiger partial charge in [0.15, 0.2) is 6.23 Å². The van der Waals surface area contributed by atoms with E-state index < -0.39 is 6.23 Å². The fraction of sp³-hybridized carbons (Fsp3) is 0.556. The molecule has 1 N–H and O–H groups in total. The molecule has 1 unspecified atom stereocenters. The van der Waals surface area contributed by atoms with E-state index in [-0.39, 0.29) is 0 Å². The Morgan fingerprint density at radius 2 is 2.25 bits per heavy atom. The van der Waals surface area contributed by atoms with Crippen LogP contribution < -0.4 is 0 Å². The number of aliphatic imine (C=N–C) groups is 1. The molecule has 0 aromatic carbocycles. The van der Waals surface area contributed by atoms with Crippen LogP contribution in [0.15, 0.2) is 17.1 Å². The molecule has 1 aliphatic rings. The second-order valence-electron chi connectivity index (χ2n) is 3.33. The molecule has 0 aliphatic carbocycles. The lowest BCUT2D eigenvalue weighted by Gasteiger charge is -2.13. The Morgan fingerprint density at radius 1 is 1.58 bits per heavy atom. The van der Waals surface area contributed by atoms with E-state index >= 15 is 0 Å². The monoisotopic (exact) mass is 183 g/mol. The van der Waals surface area contributed by atoms with Crippen LogP contribution in [0.5, 0.6) is 0 Å². The highest BCUT2D eigenvalue weighted by molar-refractivity contribution is 7.80. The van der Waals surface area contributed by atoms with Gasteiger partial charge in [-0.25, -0.2) is 0 Å². The molecule has 1 atom stereocenters. The highest BCUT2D eigenvalue weighted by Gasteiger charge is 2.12. The molecule has 0 radical (unpaired) electrons. The molecule has 3 heteroatoms. The van der Waals surface area contributed by atoms with E-state index in [1.807, 2.05) is 6.08 Å². The van der Waals surface area contributed by atoms with E-state index in [9.17, 15) is 5.11 Å². The van der Waals surface area contributed by atoms with Crippen LogP contribution in [0.3, 0.4) is 0 Å². The fourth-order valence-corrected chi connectivity index (χ4v) is 1.19. The molecule has 0 fully saturated rings. The van der Waals surface area contributed by atoms with Crippen molar-refractivity contribution in [2.24, 2.45) is 10.9 Å². The topological polar surface area (TPSA) is 32.6 Å². The van der Waals surface area contributed by atoms with Crippen molar-refractivity contribution in [3.63, 3.8) is 0 Å². The second-order valence-corrected chi connectivity index (χ2v) is 3.80. The van der Waals surface area contributed by atoms with Gasteiger partial charge < -0.3 is 5.11 Å². The Bertz CT molecular complexity index is 243. The summed E-state index contributed by atoms with van der Waals surface area (Å²) in [5.74, 6) is 0.562. The Labute approximate surface area is 78.0 Å². The minimum absolute atomic E-state index is 0.502. The van der Waals surface area contributed by atoms with Gasteiger partial charge in [0.25, 0.3) is 0 Å². The van der Waals surface area contributed by atoms with Gasteiger partial charge in [0.05, 0.1) is 4.86 Å². The SMILES string of the molecule is CC(C)CC1=NC(O)C(=S)C=C1. The van der Waals surface area contributed by atoms with Crippen molar-refractivity contribution in [3.8, 4) is 0 Å². The number of rotatable bonds is 2. The number of hydrogen-bond donors (Lipinski definition) is 1. The molecule has 0 bridgehead atoms. The smallest absolute Gasteiger partial charge is 0.181 e. The molecule has 0 amide bonds. The first kappa shape index (κ1) is 9.55. The van der Waals surface area contributed by atoms with Gasteiger partial charge in [-0.2, -0.15) is 0 Å². The third kappa shape index (κ3) is 2.50. The Balaban J connectivity index is 2.63. The fourth-order valence-electron chi connectivity index (χ4n) is 1.07. The second kappa shape index (κ2) is 3.92. The van der Waals surface area contributed by atoms with E-state index in [0.717, 1.165) is 12.1 Å². The number of nitrogens with zero attached hydrogens (tertiary/aromatic N) is 1. The molecular formula is C9H13NOS. The van der Waals surface area contributed by atoms with Crippen molar-refractivity contribution in [2.45, 2.75) is 26.5 Å². The summed E-state index contributed by atoms with van der Waals surface area (Å²) in [5.41, 5.74) is 0.936. The van der Waals surface area contributed by atoms with Crippen molar-refractivity contribution >= 4 is 22.8 Å². The highest BCUT2D eigenvalue weighted by Crippen LogP contribution is 2.09. The normalized spacial score (nSPS) is 23.2. The van der Waals surface area contributed by atoms with Gasteiger partial charge in [0.1, 0.15) is 0 Å². The number of dihydropyridines is 1. The first-order valence-electron chi connectivity index (χ1n) is 4.06. The predicted octanol–water partition coefficient (Wildman–Crippen LogP) is 1.73. The van der Waals surface area contributed by atoms with Crippen LogP contribution in [-0.2, 0) is 0 Å². The average molecular weight is 183 g/mol. The molecular weight excluding hydrogens is 170 g/mol. The highest BCUT2D eigenvalue weighted by atomic mass is 32.1. The summed E-state index contributed by atoms with van der Waals surface area (Å²) in [4.78, 5) is 4.55. The first-order valence-corrected chi connectivity index (χ1v) is 4.47. The number of hydrogen-bond acceptors (Lipinski definition) is 3. The van der Waals surface area contributed by atoms with Crippen molar-refractivity contribution in [3.05, 3.63) is 12.2 Å². The van der Waals surface area contributed by atoms with Crippen molar-refractivity contribution < 1.29 is 5.11 Å². The van der Waals surface area contributed by atoms with E-state index in [2.05, 4.69) is 18.8 Å². The van der Waals surface area contributed by atoms with Gasteiger partial charge in [-0.1, -0.05) is 26.1 Å². The molecule has 0 spiro atoms. The van der Waals surface area contributed by atoms with Crippen LogP contribution in [0, 0.1) is 5.92 Å². The molecule has 12 heavy (non-hydrogen) atoms. The summed E-state index contributed by atoms with van der Waals surface area (Å²) in [6.07, 6.45) is 3.74. The number of allylic oxidation sites excluding steroid dienone is 1. The molecule has 66 valence electrons. The minimum atomic E-state index is -0.793. The summed E-state index contributed by atoms with van der Waals surface area (Å²) < 4.78 is 0. The number of aliphatic hydroxyl groups excluding tert-OH is 1. The zero-order chi connectivity index (χ0) is 9.14. The zero-order valence-corrected chi connectivity index (χ0v) is 8.14. The Hall–Kier alpha value is -0.540. The average Bonchev–Trinajstić information content (AvgIpc) is 1.96. The van der Waals surface area contributed by atoms with Crippen molar-refractivity contribution in [1.29, 1.82) is 0 Å². The van der Waals surface area contributed by atoms with Crippen molar-refractivity contribution in [1.82, 2.24) is 0 Å². The maximum atomic E-state index is 9.28. The quantitative estimate of drug-likeness (QED) is 0.661. The zero-order valence-electron chi connectivity index (χ0n) is 7.32. The van der Waals surface area contributed by atoms with Crippen LogP contribution in [0.4, 0.5) is 0 Å². The standard InChI is InChI=1S/C9H13NOS/c1-6(2)5-7-3-4-8(12)9(11)10-7/h3-4,6,9,11H,5H2,1-2H3. The molecule has 0 saturated heterocycles. The lowest BCUT2D eigenvalue weighted by Crippen LogP contribution is -2.20. The van der Waals surface area contributed by atoms with Gasteiger partial charge >= 0.3 is 0 Å².